The van der Waals surface area contributed by atoms with Crippen LogP contribution in [0.15, 0.2) is 48.5 Å². The van der Waals surface area contributed by atoms with Gasteiger partial charge in [0.1, 0.15) is 0 Å². The van der Waals surface area contributed by atoms with E-state index >= 15 is 0 Å². The highest BCUT2D eigenvalue weighted by Gasteiger charge is 2.11. The summed E-state index contributed by atoms with van der Waals surface area (Å²) in [6, 6.07) is 14.9. The lowest BCUT2D eigenvalue weighted by Gasteiger charge is -2.16. The van der Waals surface area contributed by atoms with Gasteiger partial charge < -0.3 is 4.90 Å². The maximum Gasteiger partial charge on any atom is 0.165 e. The van der Waals surface area contributed by atoms with Crippen LogP contribution in [0.1, 0.15) is 22.3 Å². The first kappa shape index (κ1) is 16.0. The topological polar surface area (TPSA) is 20.3 Å². The lowest BCUT2D eigenvalue weighted by atomic mass is 10.1. The van der Waals surface area contributed by atoms with Crippen LogP contribution in [0, 0.1) is 0 Å². The lowest BCUT2D eigenvalue weighted by Crippen LogP contribution is -2.21. The quantitative estimate of drug-likeness (QED) is 0.719. The summed E-state index contributed by atoms with van der Waals surface area (Å²) in [5.41, 5.74) is 1.73. The molecule has 2 rings (SSSR count). The third kappa shape index (κ3) is 4.85. The molecule has 0 radical (unpaired) electrons. The molecule has 0 amide bonds. The van der Waals surface area contributed by atoms with E-state index in [-0.39, 0.29) is 5.78 Å². The Morgan fingerprint density at radius 2 is 1.86 bits per heavy atom. The zero-order valence-electron chi connectivity index (χ0n) is 11.9. The van der Waals surface area contributed by atoms with Crippen molar-refractivity contribution in [1.82, 2.24) is 4.90 Å². The van der Waals surface area contributed by atoms with E-state index in [0.29, 0.717) is 23.6 Å². The van der Waals surface area contributed by atoms with Crippen molar-refractivity contribution in [2.24, 2.45) is 0 Å². The number of halogens is 2. The van der Waals surface area contributed by atoms with Gasteiger partial charge in [-0.15, -0.1) is 0 Å². The molecule has 2 aromatic rings. The Hall–Kier alpha value is -1.35. The van der Waals surface area contributed by atoms with Gasteiger partial charge in [-0.2, -0.15) is 0 Å². The second kappa shape index (κ2) is 7.60. The maximum absolute atomic E-state index is 12.1. The van der Waals surface area contributed by atoms with Crippen LogP contribution in [-0.2, 0) is 6.54 Å². The fourth-order valence-corrected chi connectivity index (χ4v) is 2.59. The average Bonchev–Trinajstić information content (AvgIpc) is 2.45. The van der Waals surface area contributed by atoms with Crippen molar-refractivity contribution in [3.63, 3.8) is 0 Å². The highest BCUT2D eigenvalue weighted by Crippen LogP contribution is 2.17. The highest BCUT2D eigenvalue weighted by atomic mass is 35.5. The molecule has 0 aliphatic heterocycles. The second-order valence-corrected chi connectivity index (χ2v) is 5.86. The van der Waals surface area contributed by atoms with E-state index in [2.05, 4.69) is 4.90 Å². The minimum atomic E-state index is 0.0681. The van der Waals surface area contributed by atoms with Crippen LogP contribution in [0.5, 0.6) is 0 Å². The van der Waals surface area contributed by atoms with E-state index < -0.39 is 0 Å². The minimum Gasteiger partial charge on any atom is -0.302 e. The number of Topliss-reactive ketones (excluding diaryl/α,β-unsaturated/α-hetero) is 1. The lowest BCUT2D eigenvalue weighted by molar-refractivity contribution is 0.0968. The molecule has 0 aromatic heterocycles. The zero-order valence-corrected chi connectivity index (χ0v) is 13.4. The number of ketones is 1. The highest BCUT2D eigenvalue weighted by molar-refractivity contribution is 6.34. The second-order valence-electron chi connectivity index (χ2n) is 5.02. The van der Waals surface area contributed by atoms with E-state index in [1.165, 1.54) is 0 Å². The van der Waals surface area contributed by atoms with Crippen LogP contribution in [0.4, 0.5) is 0 Å². The summed E-state index contributed by atoms with van der Waals surface area (Å²) in [7, 11) is 1.99. The van der Waals surface area contributed by atoms with Crippen molar-refractivity contribution in [2.45, 2.75) is 13.0 Å². The van der Waals surface area contributed by atoms with Gasteiger partial charge in [-0.1, -0.05) is 47.5 Å². The van der Waals surface area contributed by atoms with Gasteiger partial charge in [0.05, 0.1) is 5.02 Å². The van der Waals surface area contributed by atoms with Crippen molar-refractivity contribution >= 4 is 29.0 Å². The summed E-state index contributed by atoms with van der Waals surface area (Å²) in [4.78, 5) is 14.2. The minimum absolute atomic E-state index is 0.0681. The SMILES string of the molecule is CN(CCC(=O)c1ccccc1Cl)Cc1cccc(Cl)c1. The molecule has 2 nitrogen and oxygen atoms in total. The number of rotatable bonds is 6. The molecule has 2 aromatic carbocycles. The summed E-state index contributed by atoms with van der Waals surface area (Å²) in [6.45, 7) is 1.44. The third-order valence-electron chi connectivity index (χ3n) is 3.24. The molecular formula is C17H17Cl2NO. The zero-order chi connectivity index (χ0) is 15.2. The molecule has 0 saturated heterocycles. The van der Waals surface area contributed by atoms with Crippen LogP contribution in [0.25, 0.3) is 0 Å². The number of hydrogen-bond donors (Lipinski definition) is 0. The number of carbonyl (C=O) groups is 1. The predicted octanol–water partition coefficient (Wildman–Crippen LogP) is 4.70. The van der Waals surface area contributed by atoms with E-state index in [9.17, 15) is 4.79 Å². The molecule has 0 aliphatic rings. The van der Waals surface area contributed by atoms with Crippen molar-refractivity contribution in [2.75, 3.05) is 13.6 Å². The monoisotopic (exact) mass is 321 g/mol. The first-order valence-corrected chi connectivity index (χ1v) is 7.52. The normalized spacial score (nSPS) is 10.9. The molecule has 0 N–H and O–H groups in total. The molecule has 0 atom stereocenters. The summed E-state index contributed by atoms with van der Waals surface area (Å²) >= 11 is 12.0. The van der Waals surface area contributed by atoms with Crippen LogP contribution in [0.3, 0.4) is 0 Å². The fraction of sp³-hybridized carbons (Fsp3) is 0.235. The fourth-order valence-electron chi connectivity index (χ4n) is 2.14. The van der Waals surface area contributed by atoms with Gasteiger partial charge in [0, 0.05) is 30.1 Å². The first-order valence-electron chi connectivity index (χ1n) is 6.77. The average molecular weight is 322 g/mol. The largest absolute Gasteiger partial charge is 0.302 e. The molecule has 0 unspecified atom stereocenters. The first-order chi connectivity index (χ1) is 10.1. The van der Waals surface area contributed by atoms with Crippen LogP contribution in [-0.4, -0.2) is 24.3 Å². The Morgan fingerprint density at radius 3 is 2.57 bits per heavy atom. The molecule has 110 valence electrons. The van der Waals surface area contributed by atoms with Crippen LogP contribution < -0.4 is 0 Å². The molecule has 0 heterocycles. The Morgan fingerprint density at radius 1 is 1.10 bits per heavy atom. The van der Waals surface area contributed by atoms with Crippen molar-refractivity contribution in [3.05, 3.63) is 69.7 Å². The predicted molar refractivity (Wildman–Crippen MR) is 88.2 cm³/mol. The van der Waals surface area contributed by atoms with Gasteiger partial charge in [-0.25, -0.2) is 0 Å². The molecule has 0 bridgehead atoms. The smallest absolute Gasteiger partial charge is 0.165 e. The van der Waals surface area contributed by atoms with Crippen LogP contribution >= 0.6 is 23.2 Å². The Bertz CT molecular complexity index is 628. The van der Waals surface area contributed by atoms with Gasteiger partial charge in [0.2, 0.25) is 0 Å². The van der Waals surface area contributed by atoms with Gasteiger partial charge in [0.15, 0.2) is 5.78 Å². The maximum atomic E-state index is 12.1. The molecule has 0 spiro atoms. The van der Waals surface area contributed by atoms with E-state index in [1.807, 2.05) is 43.4 Å². The molecule has 0 fully saturated rings. The number of carbonyl (C=O) groups excluding carboxylic acids is 1. The van der Waals surface area contributed by atoms with Crippen LogP contribution in [0.2, 0.25) is 10.0 Å². The molecule has 4 heteroatoms. The summed E-state index contributed by atoms with van der Waals surface area (Å²) in [5.74, 6) is 0.0681. The Kier molecular flexibility index (Phi) is 5.80. The Labute approximate surface area is 135 Å². The molecule has 0 aliphatic carbocycles. The van der Waals surface area contributed by atoms with Gasteiger partial charge in [-0.3, -0.25) is 4.79 Å². The summed E-state index contributed by atoms with van der Waals surface area (Å²) in [6.07, 6.45) is 0.445. The van der Waals surface area contributed by atoms with E-state index in [0.717, 1.165) is 17.1 Å². The summed E-state index contributed by atoms with van der Waals surface area (Å²) in [5, 5.41) is 1.24. The van der Waals surface area contributed by atoms with Crippen molar-refractivity contribution in [1.29, 1.82) is 0 Å². The van der Waals surface area contributed by atoms with Gasteiger partial charge >= 0.3 is 0 Å². The molecular weight excluding hydrogens is 305 g/mol. The van der Waals surface area contributed by atoms with E-state index in [1.54, 1.807) is 12.1 Å². The Balaban J connectivity index is 1.88. The van der Waals surface area contributed by atoms with Gasteiger partial charge in [-0.05, 0) is 36.9 Å². The number of hydrogen-bond acceptors (Lipinski definition) is 2. The molecule has 21 heavy (non-hydrogen) atoms. The van der Waals surface area contributed by atoms with Gasteiger partial charge in [0.25, 0.3) is 0 Å². The van der Waals surface area contributed by atoms with E-state index in [4.69, 9.17) is 23.2 Å². The molecule has 0 saturated carbocycles. The number of benzene rings is 2. The summed E-state index contributed by atoms with van der Waals surface area (Å²) < 4.78 is 0. The standard InChI is InChI=1S/C17H17Cl2NO/c1-20(12-13-5-4-6-14(18)11-13)10-9-17(21)15-7-2-3-8-16(15)19/h2-8,11H,9-10,12H2,1H3. The number of nitrogens with zero attached hydrogens (tertiary/aromatic N) is 1. The van der Waals surface area contributed by atoms with Crippen molar-refractivity contribution < 1.29 is 4.79 Å². The van der Waals surface area contributed by atoms with Crippen molar-refractivity contribution in [3.8, 4) is 0 Å². The third-order valence-corrected chi connectivity index (χ3v) is 3.80.